The topological polar surface area (TPSA) is 71.1 Å². The van der Waals surface area contributed by atoms with Gasteiger partial charge in [-0.05, 0) is 36.1 Å². The highest BCUT2D eigenvalue weighted by molar-refractivity contribution is 8.00. The van der Waals surface area contributed by atoms with Gasteiger partial charge in [0.15, 0.2) is 0 Å². The number of benzene rings is 2. The lowest BCUT2D eigenvalue weighted by atomic mass is 10.1. The highest BCUT2D eigenvalue weighted by Gasteiger charge is 2.29. The monoisotopic (exact) mass is 474 g/mol. The maximum Gasteiger partial charge on any atom is 0.324 e. The van der Waals surface area contributed by atoms with Gasteiger partial charge in [-0.3, -0.25) is 9.59 Å². The average molecular weight is 475 g/mol. The summed E-state index contributed by atoms with van der Waals surface area (Å²) in [5.74, 6) is 2.43. The minimum atomic E-state index is -0.181. The summed E-state index contributed by atoms with van der Waals surface area (Å²) in [6.07, 6.45) is 1.39. The van der Waals surface area contributed by atoms with Crippen molar-refractivity contribution in [2.75, 3.05) is 37.9 Å². The summed E-state index contributed by atoms with van der Waals surface area (Å²) in [6.45, 7) is 2.12. The molecule has 0 amide bonds. The molecule has 2 aliphatic rings. The summed E-state index contributed by atoms with van der Waals surface area (Å²) in [5.41, 5.74) is 2.14. The molecule has 0 saturated heterocycles. The van der Waals surface area contributed by atoms with E-state index in [-0.39, 0.29) is 22.4 Å². The van der Waals surface area contributed by atoms with Crippen molar-refractivity contribution >= 4 is 35.5 Å². The van der Waals surface area contributed by atoms with Crippen molar-refractivity contribution in [3.63, 3.8) is 0 Å². The minimum absolute atomic E-state index is 0.180. The predicted octanol–water partition coefficient (Wildman–Crippen LogP) is 3.55. The van der Waals surface area contributed by atoms with Gasteiger partial charge >= 0.3 is 11.9 Å². The number of carbonyl (C=O) groups is 2. The van der Waals surface area contributed by atoms with Crippen LogP contribution in [0.3, 0.4) is 0 Å². The molecular formula is C24H26O6S2. The number of esters is 2. The Balaban J connectivity index is 1.02. The molecule has 2 heterocycles. The minimum Gasteiger partial charge on any atom is -0.425 e. The molecular weight excluding hydrogens is 448 g/mol. The Bertz CT molecular complexity index is 859. The Morgan fingerprint density at radius 2 is 1.12 bits per heavy atom. The largest absolute Gasteiger partial charge is 0.425 e. The lowest BCUT2D eigenvalue weighted by Crippen LogP contribution is -2.30. The first kappa shape index (κ1) is 23.2. The fourth-order valence-electron chi connectivity index (χ4n) is 3.53. The van der Waals surface area contributed by atoms with E-state index in [9.17, 15) is 9.59 Å². The summed E-state index contributed by atoms with van der Waals surface area (Å²) < 4.78 is 22.0. The van der Waals surface area contributed by atoms with Crippen LogP contribution in [-0.2, 0) is 31.9 Å². The van der Waals surface area contributed by atoms with Crippen LogP contribution >= 0.6 is 23.5 Å². The molecule has 6 nitrogen and oxygen atoms in total. The molecule has 0 fully saturated rings. The number of hydrogen-bond donors (Lipinski definition) is 0. The molecule has 2 unspecified atom stereocenters. The van der Waals surface area contributed by atoms with Gasteiger partial charge in [-0.15, -0.1) is 23.5 Å². The second kappa shape index (κ2) is 11.7. The molecule has 2 aliphatic heterocycles. The SMILES string of the molecule is O=C1Oc2ccccc2CC1SCCOCCOCCSC1Cc2ccccc2OC1=O. The smallest absolute Gasteiger partial charge is 0.324 e. The zero-order valence-corrected chi connectivity index (χ0v) is 19.3. The Morgan fingerprint density at radius 3 is 1.59 bits per heavy atom. The molecule has 4 rings (SSSR count). The van der Waals surface area contributed by atoms with Crippen LogP contribution in [0.25, 0.3) is 0 Å². The number of ether oxygens (including phenoxy) is 4. The second-order valence-electron chi connectivity index (χ2n) is 7.41. The Labute approximate surface area is 196 Å². The molecule has 8 heteroatoms. The Morgan fingerprint density at radius 1 is 0.688 bits per heavy atom. The lowest BCUT2D eigenvalue weighted by molar-refractivity contribution is -0.135. The number of hydrogen-bond acceptors (Lipinski definition) is 8. The standard InChI is InChI=1S/C24H26O6S2/c25-23-21(15-17-5-1-3-7-19(17)29-23)31-13-11-27-9-10-28-12-14-32-22-16-18-6-2-4-8-20(18)30-24(22)26/h1-8,21-22H,9-16H2. The summed E-state index contributed by atoms with van der Waals surface area (Å²) >= 11 is 3.13. The fraction of sp³-hybridized carbons (Fsp3) is 0.417. The zero-order chi connectivity index (χ0) is 22.2. The van der Waals surface area contributed by atoms with Crippen molar-refractivity contribution in [2.24, 2.45) is 0 Å². The molecule has 2 aromatic rings. The predicted molar refractivity (Wildman–Crippen MR) is 126 cm³/mol. The van der Waals surface area contributed by atoms with Crippen molar-refractivity contribution in [1.82, 2.24) is 0 Å². The third-order valence-electron chi connectivity index (χ3n) is 5.17. The molecule has 0 bridgehead atoms. The van der Waals surface area contributed by atoms with Gasteiger partial charge in [0.05, 0.1) is 26.4 Å². The van der Waals surface area contributed by atoms with Crippen LogP contribution in [0.15, 0.2) is 48.5 Å². The lowest BCUT2D eigenvalue weighted by Gasteiger charge is -2.22. The van der Waals surface area contributed by atoms with Gasteiger partial charge in [-0.1, -0.05) is 36.4 Å². The van der Waals surface area contributed by atoms with E-state index in [1.807, 2.05) is 48.5 Å². The highest BCUT2D eigenvalue weighted by atomic mass is 32.2. The van der Waals surface area contributed by atoms with Crippen LogP contribution in [-0.4, -0.2) is 60.4 Å². The van der Waals surface area contributed by atoms with Crippen LogP contribution in [0.5, 0.6) is 11.5 Å². The Hall–Kier alpha value is -2.00. The molecule has 170 valence electrons. The molecule has 2 atom stereocenters. The molecule has 0 aromatic heterocycles. The van der Waals surface area contributed by atoms with Crippen LogP contribution < -0.4 is 9.47 Å². The molecule has 0 radical (unpaired) electrons. The van der Waals surface area contributed by atoms with Gasteiger partial charge in [0.25, 0.3) is 0 Å². The van der Waals surface area contributed by atoms with Crippen molar-refractivity contribution in [3.8, 4) is 11.5 Å². The quantitative estimate of drug-likeness (QED) is 0.278. The second-order valence-corrected chi connectivity index (χ2v) is 10.0. The summed E-state index contributed by atoms with van der Waals surface area (Å²) in [6, 6.07) is 15.3. The molecule has 0 N–H and O–H groups in total. The van der Waals surface area contributed by atoms with Gasteiger partial charge in [0.2, 0.25) is 0 Å². The normalized spacial score (nSPS) is 19.6. The number of thioether (sulfide) groups is 2. The van der Waals surface area contributed by atoms with Crippen molar-refractivity contribution < 1.29 is 28.5 Å². The van der Waals surface area contributed by atoms with Crippen LogP contribution in [0.4, 0.5) is 0 Å². The van der Waals surface area contributed by atoms with E-state index in [4.69, 9.17) is 18.9 Å². The van der Waals surface area contributed by atoms with Gasteiger partial charge in [0, 0.05) is 11.5 Å². The van der Waals surface area contributed by atoms with Crippen LogP contribution in [0, 0.1) is 0 Å². The third kappa shape index (κ3) is 6.28. The van der Waals surface area contributed by atoms with Gasteiger partial charge in [-0.25, -0.2) is 0 Å². The van der Waals surface area contributed by atoms with E-state index in [2.05, 4.69) is 0 Å². The van der Waals surface area contributed by atoms with E-state index in [1.165, 1.54) is 0 Å². The van der Waals surface area contributed by atoms with Gasteiger partial charge in [-0.2, -0.15) is 0 Å². The van der Waals surface area contributed by atoms with E-state index in [0.29, 0.717) is 50.8 Å². The van der Waals surface area contributed by atoms with Crippen molar-refractivity contribution in [3.05, 3.63) is 59.7 Å². The van der Waals surface area contributed by atoms with E-state index in [1.54, 1.807) is 23.5 Å². The fourth-order valence-corrected chi connectivity index (χ4v) is 5.49. The zero-order valence-electron chi connectivity index (χ0n) is 17.7. The molecule has 0 aliphatic carbocycles. The summed E-state index contributed by atoms with van der Waals surface area (Å²) in [4.78, 5) is 24.2. The average Bonchev–Trinajstić information content (AvgIpc) is 2.80. The van der Waals surface area contributed by atoms with Crippen LogP contribution in [0.2, 0.25) is 0 Å². The van der Waals surface area contributed by atoms with Crippen molar-refractivity contribution in [1.29, 1.82) is 0 Å². The van der Waals surface area contributed by atoms with E-state index >= 15 is 0 Å². The molecule has 0 saturated carbocycles. The maximum atomic E-state index is 12.1. The third-order valence-corrected chi connectivity index (χ3v) is 7.50. The first-order chi connectivity index (χ1) is 15.7. The summed E-state index contributed by atoms with van der Waals surface area (Å²) in [5, 5.41) is -0.361. The Kier molecular flexibility index (Phi) is 8.50. The number of fused-ring (bicyclic) bond motifs is 2. The highest BCUT2D eigenvalue weighted by Crippen LogP contribution is 2.31. The molecule has 0 spiro atoms. The summed E-state index contributed by atoms with van der Waals surface area (Å²) in [7, 11) is 0. The van der Waals surface area contributed by atoms with Crippen molar-refractivity contribution in [2.45, 2.75) is 23.3 Å². The maximum absolute atomic E-state index is 12.1. The number of carbonyl (C=O) groups excluding carboxylic acids is 2. The molecule has 32 heavy (non-hydrogen) atoms. The van der Waals surface area contributed by atoms with E-state index in [0.717, 1.165) is 22.6 Å². The molecule has 2 aromatic carbocycles. The number of rotatable bonds is 11. The first-order valence-corrected chi connectivity index (χ1v) is 12.8. The first-order valence-electron chi connectivity index (χ1n) is 10.7. The van der Waals surface area contributed by atoms with Crippen LogP contribution in [0.1, 0.15) is 11.1 Å². The van der Waals surface area contributed by atoms with Gasteiger partial charge < -0.3 is 18.9 Å². The van der Waals surface area contributed by atoms with E-state index < -0.39 is 0 Å². The number of para-hydroxylation sites is 2. The van der Waals surface area contributed by atoms with Gasteiger partial charge in [0.1, 0.15) is 22.0 Å².